The molecule has 0 amide bonds. The summed E-state index contributed by atoms with van der Waals surface area (Å²) in [5.41, 5.74) is 1.54. The topological polar surface area (TPSA) is 51.7 Å². The Morgan fingerprint density at radius 3 is 2.22 bits per heavy atom. The van der Waals surface area contributed by atoms with Crippen molar-refractivity contribution in [1.82, 2.24) is 4.98 Å². The van der Waals surface area contributed by atoms with Crippen LogP contribution < -0.4 is 4.90 Å². The van der Waals surface area contributed by atoms with Gasteiger partial charge in [0.05, 0.1) is 40.6 Å². The average molecular weight is 449 g/mol. The van der Waals surface area contributed by atoms with Crippen molar-refractivity contribution in [2.75, 3.05) is 18.0 Å². The van der Waals surface area contributed by atoms with Crippen molar-refractivity contribution in [1.29, 1.82) is 0 Å². The zero-order chi connectivity index (χ0) is 20.7. The standard InChI is InChI=1S/C19H27BrF2N2O3/c1-10(2)26-17(25)16(27-18(5,6)7)13-11(3)23-12(4)14(20)15(13)24-8-19(21,22)9-24/h10,16H,8-9H2,1-7H3. The maximum Gasteiger partial charge on any atom is 0.340 e. The van der Waals surface area contributed by atoms with Crippen molar-refractivity contribution in [3.63, 3.8) is 0 Å². The van der Waals surface area contributed by atoms with Gasteiger partial charge in [-0.05, 0) is 64.4 Å². The molecule has 2 rings (SSSR count). The van der Waals surface area contributed by atoms with Gasteiger partial charge >= 0.3 is 5.97 Å². The summed E-state index contributed by atoms with van der Waals surface area (Å²) in [5.74, 6) is -3.31. The number of hydrogen-bond acceptors (Lipinski definition) is 5. The molecule has 0 spiro atoms. The number of alkyl halides is 2. The first-order chi connectivity index (χ1) is 12.2. The molecule has 8 heteroatoms. The van der Waals surface area contributed by atoms with Crippen molar-refractivity contribution < 1.29 is 23.0 Å². The fourth-order valence-corrected chi connectivity index (χ4v) is 3.54. The Kier molecular flexibility index (Phi) is 6.21. The van der Waals surface area contributed by atoms with Gasteiger partial charge in [-0.25, -0.2) is 13.6 Å². The molecule has 0 aliphatic carbocycles. The van der Waals surface area contributed by atoms with Gasteiger partial charge < -0.3 is 14.4 Å². The largest absolute Gasteiger partial charge is 0.461 e. The van der Waals surface area contributed by atoms with Crippen LogP contribution in [0.2, 0.25) is 0 Å². The number of rotatable bonds is 5. The van der Waals surface area contributed by atoms with Crippen LogP contribution in [0.5, 0.6) is 0 Å². The van der Waals surface area contributed by atoms with Gasteiger partial charge in [0.25, 0.3) is 5.92 Å². The van der Waals surface area contributed by atoms with Gasteiger partial charge in [0.1, 0.15) is 0 Å². The maximum atomic E-state index is 13.5. The van der Waals surface area contributed by atoms with Crippen molar-refractivity contribution in [3.8, 4) is 0 Å². The minimum absolute atomic E-state index is 0.331. The average Bonchev–Trinajstić information content (AvgIpc) is 2.44. The van der Waals surface area contributed by atoms with Crippen LogP contribution in [0, 0.1) is 13.8 Å². The quantitative estimate of drug-likeness (QED) is 0.609. The predicted molar refractivity (Wildman–Crippen MR) is 103 cm³/mol. The monoisotopic (exact) mass is 448 g/mol. The first-order valence-electron chi connectivity index (χ1n) is 8.89. The number of nitrogens with zero attached hydrogens (tertiary/aromatic N) is 2. The van der Waals surface area contributed by atoms with Gasteiger partial charge in [-0.15, -0.1) is 0 Å². The smallest absolute Gasteiger partial charge is 0.340 e. The summed E-state index contributed by atoms with van der Waals surface area (Å²) in [5, 5.41) is 0. The van der Waals surface area contributed by atoms with E-state index in [1.165, 1.54) is 0 Å². The number of anilines is 1. The Balaban J connectivity index is 2.60. The number of aryl methyl sites for hydroxylation is 2. The normalized spacial score (nSPS) is 17.7. The second kappa shape index (κ2) is 7.62. The maximum absolute atomic E-state index is 13.5. The van der Waals surface area contributed by atoms with E-state index >= 15 is 0 Å². The van der Waals surface area contributed by atoms with Gasteiger partial charge in [0, 0.05) is 11.3 Å². The number of carbonyl (C=O) groups excluding carboxylic acids is 1. The van der Waals surface area contributed by atoms with E-state index < -0.39 is 36.7 Å². The van der Waals surface area contributed by atoms with E-state index in [-0.39, 0.29) is 6.10 Å². The van der Waals surface area contributed by atoms with Crippen LogP contribution in [0.15, 0.2) is 4.47 Å². The van der Waals surface area contributed by atoms with E-state index in [0.717, 1.165) is 0 Å². The highest BCUT2D eigenvalue weighted by molar-refractivity contribution is 9.10. The number of aromatic nitrogens is 1. The highest BCUT2D eigenvalue weighted by Crippen LogP contribution is 2.44. The van der Waals surface area contributed by atoms with E-state index in [0.29, 0.717) is 27.1 Å². The molecule has 1 atom stereocenters. The van der Waals surface area contributed by atoms with Gasteiger partial charge in [-0.1, -0.05) is 0 Å². The number of ether oxygens (including phenoxy) is 2. The Labute approximate surface area is 167 Å². The molecule has 2 heterocycles. The van der Waals surface area contributed by atoms with Gasteiger partial charge in [0.15, 0.2) is 6.10 Å². The molecule has 0 saturated carbocycles. The molecule has 1 fully saturated rings. The van der Waals surface area contributed by atoms with Crippen LogP contribution in [0.4, 0.5) is 14.5 Å². The zero-order valence-corrected chi connectivity index (χ0v) is 18.4. The molecule has 1 aliphatic rings. The fraction of sp³-hybridized carbons (Fsp3) is 0.684. The highest BCUT2D eigenvalue weighted by Gasteiger charge is 2.47. The SMILES string of the molecule is Cc1nc(C)c(C(OC(C)(C)C)C(=O)OC(C)C)c(N2CC(F)(F)C2)c1Br. The third kappa shape index (κ3) is 5.16. The van der Waals surface area contributed by atoms with E-state index in [1.807, 2.05) is 20.8 Å². The summed E-state index contributed by atoms with van der Waals surface area (Å²) >= 11 is 3.47. The fourth-order valence-electron chi connectivity index (χ4n) is 2.99. The lowest BCUT2D eigenvalue weighted by Crippen LogP contribution is -2.57. The summed E-state index contributed by atoms with van der Waals surface area (Å²) in [7, 11) is 0. The number of esters is 1. The molecule has 0 radical (unpaired) electrons. The number of hydrogen-bond donors (Lipinski definition) is 0. The number of pyridine rings is 1. The molecular weight excluding hydrogens is 422 g/mol. The van der Waals surface area contributed by atoms with Crippen LogP contribution in [-0.4, -0.2) is 41.7 Å². The van der Waals surface area contributed by atoms with Gasteiger partial charge in [-0.2, -0.15) is 0 Å². The van der Waals surface area contributed by atoms with Crippen LogP contribution in [0.25, 0.3) is 0 Å². The Bertz CT molecular complexity index is 725. The highest BCUT2D eigenvalue weighted by atomic mass is 79.9. The number of carbonyl (C=O) groups is 1. The first kappa shape index (κ1) is 22.0. The van der Waals surface area contributed by atoms with Crippen molar-refractivity contribution >= 4 is 27.6 Å². The summed E-state index contributed by atoms with van der Waals surface area (Å²) in [6.07, 6.45) is -1.40. The number of halogens is 3. The van der Waals surface area contributed by atoms with E-state index in [1.54, 1.807) is 32.6 Å². The van der Waals surface area contributed by atoms with Crippen LogP contribution in [0.1, 0.15) is 57.7 Å². The molecule has 152 valence electrons. The molecule has 1 aliphatic heterocycles. The second-order valence-electron chi connectivity index (χ2n) is 8.17. The predicted octanol–water partition coefficient (Wildman–Crippen LogP) is 4.72. The lowest BCUT2D eigenvalue weighted by atomic mass is 9.99. The van der Waals surface area contributed by atoms with E-state index in [4.69, 9.17) is 9.47 Å². The summed E-state index contributed by atoms with van der Waals surface area (Å²) in [6, 6.07) is 0. The molecule has 0 aromatic carbocycles. The molecule has 27 heavy (non-hydrogen) atoms. The lowest BCUT2D eigenvalue weighted by Gasteiger charge is -2.43. The van der Waals surface area contributed by atoms with Gasteiger partial charge in [0.2, 0.25) is 0 Å². The minimum Gasteiger partial charge on any atom is -0.461 e. The van der Waals surface area contributed by atoms with Gasteiger partial charge in [-0.3, -0.25) is 4.98 Å². The second-order valence-corrected chi connectivity index (χ2v) is 8.96. The summed E-state index contributed by atoms with van der Waals surface area (Å²) in [4.78, 5) is 18.9. The Morgan fingerprint density at radius 2 is 1.78 bits per heavy atom. The summed E-state index contributed by atoms with van der Waals surface area (Å²) < 4.78 is 39.1. The summed E-state index contributed by atoms with van der Waals surface area (Å²) in [6.45, 7) is 11.7. The molecule has 1 saturated heterocycles. The minimum atomic E-state index is -2.75. The lowest BCUT2D eigenvalue weighted by molar-refractivity contribution is -0.171. The molecule has 0 N–H and O–H groups in total. The molecule has 1 unspecified atom stereocenters. The van der Waals surface area contributed by atoms with Crippen LogP contribution in [-0.2, 0) is 14.3 Å². The van der Waals surface area contributed by atoms with Crippen molar-refractivity contribution in [2.45, 2.75) is 72.2 Å². The third-order valence-corrected chi connectivity index (χ3v) is 4.92. The Hall–Kier alpha value is -1.28. The van der Waals surface area contributed by atoms with Crippen molar-refractivity contribution in [2.24, 2.45) is 0 Å². The van der Waals surface area contributed by atoms with Crippen molar-refractivity contribution in [3.05, 3.63) is 21.4 Å². The molecule has 5 nitrogen and oxygen atoms in total. The van der Waals surface area contributed by atoms with E-state index in [2.05, 4.69) is 20.9 Å². The molecule has 0 bridgehead atoms. The Morgan fingerprint density at radius 1 is 1.22 bits per heavy atom. The first-order valence-corrected chi connectivity index (χ1v) is 9.69. The van der Waals surface area contributed by atoms with E-state index in [9.17, 15) is 13.6 Å². The zero-order valence-electron chi connectivity index (χ0n) is 16.8. The third-order valence-electron chi connectivity index (χ3n) is 3.97. The van der Waals surface area contributed by atoms with Crippen LogP contribution in [0.3, 0.4) is 0 Å². The molecule has 1 aromatic rings. The molecular formula is C19H27BrF2N2O3. The van der Waals surface area contributed by atoms with Crippen LogP contribution >= 0.6 is 15.9 Å². The molecule has 1 aromatic heterocycles.